The Balaban J connectivity index is 1.64. The summed E-state index contributed by atoms with van der Waals surface area (Å²) in [4.78, 5) is 16.9. The summed E-state index contributed by atoms with van der Waals surface area (Å²) in [7, 11) is 0. The van der Waals surface area contributed by atoms with Crippen LogP contribution >= 0.6 is 11.3 Å². The van der Waals surface area contributed by atoms with Crippen molar-refractivity contribution in [3.63, 3.8) is 0 Å². The number of hydrogen-bond acceptors (Lipinski definition) is 5. The molecule has 3 rings (SSSR count). The first-order chi connectivity index (χ1) is 16.6. The third-order valence-electron chi connectivity index (χ3n) is 5.53. The molecule has 3 aromatic rings. The van der Waals surface area contributed by atoms with Gasteiger partial charge in [-0.1, -0.05) is 31.5 Å². The first kappa shape index (κ1) is 26.7. The summed E-state index contributed by atoms with van der Waals surface area (Å²) in [6.07, 6.45) is -3.25. The number of halogens is 3. The zero-order chi connectivity index (χ0) is 25.6. The number of hydrogen-bond donors (Lipinski definition) is 1. The van der Waals surface area contributed by atoms with Crippen LogP contribution in [0, 0.1) is 13.8 Å². The average molecular weight is 508 g/mol. The maximum atomic E-state index is 12.8. The Morgan fingerprint density at radius 2 is 1.86 bits per heavy atom. The van der Waals surface area contributed by atoms with Gasteiger partial charge in [-0.15, -0.1) is 11.3 Å². The number of aromatic nitrogens is 1. The highest BCUT2D eigenvalue weighted by atomic mass is 32.1. The van der Waals surface area contributed by atoms with E-state index in [0.29, 0.717) is 22.9 Å². The number of rotatable bonds is 11. The predicted molar refractivity (Wildman–Crippen MR) is 129 cm³/mol. The van der Waals surface area contributed by atoms with Gasteiger partial charge in [-0.25, -0.2) is 9.78 Å². The highest BCUT2D eigenvalue weighted by Crippen LogP contribution is 2.33. The minimum atomic E-state index is -4.37. The fourth-order valence-corrected chi connectivity index (χ4v) is 4.39. The second-order valence-electron chi connectivity index (χ2n) is 8.24. The van der Waals surface area contributed by atoms with E-state index in [1.54, 1.807) is 6.07 Å². The number of unbranched alkanes of at least 4 members (excludes halogenated alkanes) is 1. The molecule has 0 saturated carbocycles. The van der Waals surface area contributed by atoms with Crippen molar-refractivity contribution in [2.45, 2.75) is 58.9 Å². The number of carboxylic acid groups (broad SMARTS) is 1. The van der Waals surface area contributed by atoms with Crippen LogP contribution in [0.5, 0.6) is 5.75 Å². The number of ether oxygens (including phenoxy) is 2. The molecule has 0 bridgehead atoms. The van der Waals surface area contributed by atoms with E-state index in [-0.39, 0.29) is 13.0 Å². The van der Waals surface area contributed by atoms with Gasteiger partial charge < -0.3 is 14.6 Å². The number of alkyl halides is 3. The average Bonchev–Trinajstić information content (AvgIpc) is 3.18. The molecule has 2 aromatic carbocycles. The second kappa shape index (κ2) is 11.7. The van der Waals surface area contributed by atoms with Gasteiger partial charge in [0.2, 0.25) is 0 Å². The van der Waals surface area contributed by atoms with E-state index in [1.165, 1.54) is 23.5 Å². The molecule has 0 aliphatic carbocycles. The summed E-state index contributed by atoms with van der Waals surface area (Å²) < 4.78 is 49.9. The Morgan fingerprint density at radius 3 is 2.46 bits per heavy atom. The molecule has 0 aliphatic rings. The minimum absolute atomic E-state index is 0.265. The molecule has 188 valence electrons. The molecule has 1 aromatic heterocycles. The predicted octanol–water partition coefficient (Wildman–Crippen LogP) is 6.84. The maximum absolute atomic E-state index is 12.8. The summed E-state index contributed by atoms with van der Waals surface area (Å²) in [5, 5.41) is 10.1. The molecule has 5 nitrogen and oxygen atoms in total. The lowest BCUT2D eigenvalue weighted by atomic mass is 10.0. The van der Waals surface area contributed by atoms with Gasteiger partial charge in [0.05, 0.1) is 16.1 Å². The first-order valence-electron chi connectivity index (χ1n) is 11.3. The van der Waals surface area contributed by atoms with E-state index in [2.05, 4.69) is 4.98 Å². The lowest BCUT2D eigenvalue weighted by Gasteiger charge is -2.16. The van der Waals surface area contributed by atoms with Crippen molar-refractivity contribution in [3.8, 4) is 16.3 Å². The van der Waals surface area contributed by atoms with E-state index >= 15 is 0 Å². The summed E-state index contributed by atoms with van der Waals surface area (Å²) in [6, 6.07) is 10.4. The van der Waals surface area contributed by atoms with E-state index in [0.717, 1.165) is 46.7 Å². The lowest BCUT2D eigenvalue weighted by molar-refractivity contribution is -0.150. The fraction of sp³-hybridized carbons (Fsp3) is 0.385. The zero-order valence-corrected chi connectivity index (χ0v) is 20.6. The Labute approximate surface area is 206 Å². The van der Waals surface area contributed by atoms with Crippen molar-refractivity contribution < 1.29 is 32.5 Å². The summed E-state index contributed by atoms with van der Waals surface area (Å²) >= 11 is 1.37. The summed E-state index contributed by atoms with van der Waals surface area (Å²) in [6.45, 7) is 6.43. The zero-order valence-electron chi connectivity index (χ0n) is 19.8. The van der Waals surface area contributed by atoms with Gasteiger partial charge in [-0.2, -0.15) is 13.2 Å². The highest BCUT2D eigenvalue weighted by Gasteiger charge is 2.30. The molecule has 35 heavy (non-hydrogen) atoms. The molecule has 0 amide bonds. The molecule has 0 fully saturated rings. The van der Waals surface area contributed by atoms with Crippen molar-refractivity contribution >= 4 is 17.3 Å². The fourth-order valence-electron chi connectivity index (χ4n) is 3.41. The number of nitrogens with zero attached hydrogens (tertiary/aromatic N) is 1. The topological polar surface area (TPSA) is 68.7 Å². The van der Waals surface area contributed by atoms with Crippen LogP contribution < -0.4 is 4.74 Å². The summed E-state index contributed by atoms with van der Waals surface area (Å²) in [5.74, 6) is -0.348. The van der Waals surface area contributed by atoms with Gasteiger partial charge in [-0.05, 0) is 55.7 Å². The molecular weight excluding hydrogens is 479 g/mol. The van der Waals surface area contributed by atoms with Crippen molar-refractivity contribution in [1.82, 2.24) is 4.98 Å². The Morgan fingerprint density at radius 1 is 1.14 bits per heavy atom. The number of aryl methyl sites for hydroxylation is 2. The van der Waals surface area contributed by atoms with E-state index in [1.807, 2.05) is 32.9 Å². The number of benzene rings is 2. The molecule has 1 heterocycles. The molecule has 1 unspecified atom stereocenters. The maximum Gasteiger partial charge on any atom is 0.416 e. The molecule has 1 N–H and O–H groups in total. The lowest BCUT2D eigenvalue weighted by Crippen LogP contribution is -2.27. The number of carbonyl (C=O) groups is 1. The Hall–Kier alpha value is -2.91. The largest absolute Gasteiger partial charge is 0.488 e. The van der Waals surface area contributed by atoms with Crippen LogP contribution in [-0.4, -0.2) is 28.8 Å². The molecule has 0 aliphatic heterocycles. The SMILES string of the molecule is CCCCOC(Cc1ccc(OCc2sc(-c3ccc(C(F)(F)F)cc3)nc2C)cc1C)C(=O)O. The number of aliphatic carboxylic acids is 1. The van der Waals surface area contributed by atoms with Crippen molar-refractivity contribution in [2.24, 2.45) is 0 Å². The van der Waals surface area contributed by atoms with Crippen LogP contribution in [0.3, 0.4) is 0 Å². The Kier molecular flexibility index (Phi) is 8.91. The highest BCUT2D eigenvalue weighted by molar-refractivity contribution is 7.15. The van der Waals surface area contributed by atoms with Crippen LogP contribution in [0.15, 0.2) is 42.5 Å². The molecular formula is C26H28F3NO4S. The Bertz CT molecular complexity index is 1140. The number of carboxylic acids is 1. The van der Waals surface area contributed by atoms with E-state index < -0.39 is 23.8 Å². The molecule has 9 heteroatoms. The minimum Gasteiger partial charge on any atom is -0.488 e. The van der Waals surface area contributed by atoms with Gasteiger partial charge in [0, 0.05) is 18.6 Å². The third-order valence-corrected chi connectivity index (χ3v) is 6.71. The second-order valence-corrected chi connectivity index (χ2v) is 9.32. The van der Waals surface area contributed by atoms with E-state index in [9.17, 15) is 23.1 Å². The number of thiazole rings is 1. The normalized spacial score (nSPS) is 12.5. The van der Waals surface area contributed by atoms with Gasteiger partial charge in [0.15, 0.2) is 6.10 Å². The molecule has 0 spiro atoms. The van der Waals surface area contributed by atoms with Crippen molar-refractivity contribution in [3.05, 3.63) is 69.7 Å². The first-order valence-corrected chi connectivity index (χ1v) is 12.1. The van der Waals surface area contributed by atoms with Crippen LogP contribution in [0.2, 0.25) is 0 Å². The van der Waals surface area contributed by atoms with E-state index in [4.69, 9.17) is 9.47 Å². The molecule has 0 radical (unpaired) electrons. The standard InChI is InChI=1S/C26H28F3NO4S/c1-4-5-12-33-22(25(31)32)14-19-8-11-21(13-16(19)2)34-15-23-17(3)30-24(35-23)18-6-9-20(10-7-18)26(27,28)29/h6-11,13,22H,4-5,12,14-15H2,1-3H3,(H,31,32). The van der Waals surface area contributed by atoms with Crippen LogP contribution in [0.4, 0.5) is 13.2 Å². The van der Waals surface area contributed by atoms with Gasteiger partial charge in [0.25, 0.3) is 0 Å². The van der Waals surface area contributed by atoms with Gasteiger partial charge >= 0.3 is 12.1 Å². The monoisotopic (exact) mass is 507 g/mol. The quantitative estimate of drug-likeness (QED) is 0.288. The smallest absolute Gasteiger partial charge is 0.416 e. The van der Waals surface area contributed by atoms with Gasteiger partial charge in [-0.3, -0.25) is 0 Å². The van der Waals surface area contributed by atoms with Gasteiger partial charge in [0.1, 0.15) is 17.4 Å². The van der Waals surface area contributed by atoms with Crippen molar-refractivity contribution in [2.75, 3.05) is 6.61 Å². The molecule has 1 atom stereocenters. The molecule has 0 saturated heterocycles. The van der Waals surface area contributed by atoms with Crippen LogP contribution in [0.1, 0.15) is 47.0 Å². The van der Waals surface area contributed by atoms with Crippen LogP contribution in [-0.2, 0) is 28.7 Å². The van der Waals surface area contributed by atoms with Crippen LogP contribution in [0.25, 0.3) is 10.6 Å². The summed E-state index contributed by atoms with van der Waals surface area (Å²) in [5.41, 5.74) is 2.46. The third kappa shape index (κ3) is 7.29. The van der Waals surface area contributed by atoms with Crippen molar-refractivity contribution in [1.29, 1.82) is 0 Å².